The SMILES string of the molecule is Cc1c(Cc2ccc(I)cc2F)c(C(=O)CCCO)nn(C)c1=O. The van der Waals surface area contributed by atoms with Gasteiger partial charge in [0, 0.05) is 35.6 Å². The number of hydrogen-bond donors (Lipinski definition) is 1. The zero-order chi connectivity index (χ0) is 17.9. The molecule has 7 heteroatoms. The molecule has 1 N–H and O–H groups in total. The first kappa shape index (κ1) is 18.7. The molecule has 1 aromatic carbocycles. The maximum Gasteiger partial charge on any atom is 0.269 e. The molecular weight excluding hydrogens is 426 g/mol. The maximum absolute atomic E-state index is 14.2. The van der Waals surface area contributed by atoms with E-state index >= 15 is 0 Å². The molecule has 1 aromatic heterocycles. The van der Waals surface area contributed by atoms with Crippen LogP contribution in [0.25, 0.3) is 0 Å². The first-order valence-electron chi connectivity index (χ1n) is 7.50. The van der Waals surface area contributed by atoms with Gasteiger partial charge < -0.3 is 5.11 Å². The van der Waals surface area contributed by atoms with E-state index in [2.05, 4.69) is 5.10 Å². The molecule has 0 saturated heterocycles. The van der Waals surface area contributed by atoms with Crippen LogP contribution in [0.2, 0.25) is 0 Å². The summed E-state index contributed by atoms with van der Waals surface area (Å²) in [6.45, 7) is 1.52. The second-order valence-electron chi connectivity index (χ2n) is 5.54. The Morgan fingerprint density at radius 3 is 2.75 bits per heavy atom. The Labute approximate surface area is 152 Å². The third-order valence-electron chi connectivity index (χ3n) is 3.81. The number of ketones is 1. The summed E-state index contributed by atoms with van der Waals surface area (Å²) in [7, 11) is 1.48. The molecule has 0 saturated carbocycles. The lowest BCUT2D eigenvalue weighted by atomic mass is 9.96. The van der Waals surface area contributed by atoms with Crippen LogP contribution in [0.4, 0.5) is 4.39 Å². The first-order valence-corrected chi connectivity index (χ1v) is 8.57. The number of benzene rings is 1. The minimum Gasteiger partial charge on any atom is -0.396 e. The van der Waals surface area contributed by atoms with E-state index in [9.17, 15) is 14.0 Å². The molecule has 2 aromatic rings. The number of aryl methyl sites for hydroxylation is 1. The van der Waals surface area contributed by atoms with E-state index in [0.717, 1.165) is 8.25 Å². The van der Waals surface area contributed by atoms with Gasteiger partial charge >= 0.3 is 0 Å². The summed E-state index contributed by atoms with van der Waals surface area (Å²) in [5, 5.41) is 13.0. The molecule has 1 heterocycles. The van der Waals surface area contributed by atoms with E-state index in [4.69, 9.17) is 5.11 Å². The van der Waals surface area contributed by atoms with E-state index in [1.54, 1.807) is 19.1 Å². The predicted molar refractivity (Wildman–Crippen MR) is 96.8 cm³/mol. The molecule has 2 rings (SSSR count). The Kier molecular flexibility index (Phi) is 6.22. The molecule has 5 nitrogen and oxygen atoms in total. The topological polar surface area (TPSA) is 72.2 Å². The molecule has 0 bridgehead atoms. The van der Waals surface area contributed by atoms with Gasteiger partial charge in [0.05, 0.1) is 0 Å². The molecule has 0 amide bonds. The summed E-state index contributed by atoms with van der Waals surface area (Å²) < 4.78 is 16.0. The van der Waals surface area contributed by atoms with Crippen molar-refractivity contribution in [3.8, 4) is 0 Å². The highest BCUT2D eigenvalue weighted by Crippen LogP contribution is 2.20. The highest BCUT2D eigenvalue weighted by atomic mass is 127. The van der Waals surface area contributed by atoms with E-state index in [1.807, 2.05) is 22.6 Å². The zero-order valence-corrected chi connectivity index (χ0v) is 15.6. The lowest BCUT2D eigenvalue weighted by Crippen LogP contribution is -2.28. The molecule has 0 spiro atoms. The summed E-state index contributed by atoms with van der Waals surface area (Å²) in [4.78, 5) is 24.5. The van der Waals surface area contributed by atoms with Gasteiger partial charge in [0.25, 0.3) is 5.56 Å². The van der Waals surface area contributed by atoms with Gasteiger partial charge in [-0.3, -0.25) is 9.59 Å². The minimum atomic E-state index is -0.379. The normalized spacial score (nSPS) is 10.9. The van der Waals surface area contributed by atoms with Crippen LogP contribution in [0.5, 0.6) is 0 Å². The number of carbonyl (C=O) groups is 1. The number of Topliss-reactive ketones (excluding diaryl/α,β-unsaturated/α-hetero) is 1. The number of halogens is 2. The fourth-order valence-corrected chi connectivity index (χ4v) is 2.91. The number of hydrogen-bond acceptors (Lipinski definition) is 4. The lowest BCUT2D eigenvalue weighted by Gasteiger charge is -2.13. The largest absolute Gasteiger partial charge is 0.396 e. The third-order valence-corrected chi connectivity index (χ3v) is 4.48. The molecule has 0 unspecified atom stereocenters. The Balaban J connectivity index is 2.52. The second kappa shape index (κ2) is 7.98. The van der Waals surface area contributed by atoms with Crippen molar-refractivity contribution < 1.29 is 14.3 Å². The number of aromatic nitrogens is 2. The van der Waals surface area contributed by atoms with Crippen LogP contribution in [0.15, 0.2) is 23.0 Å². The molecule has 0 fully saturated rings. The van der Waals surface area contributed by atoms with Gasteiger partial charge in [0.15, 0.2) is 5.78 Å². The predicted octanol–water partition coefficient (Wildman–Crippen LogP) is 2.38. The number of nitrogens with zero attached hydrogens (tertiary/aromatic N) is 2. The molecule has 128 valence electrons. The number of aliphatic hydroxyl groups is 1. The minimum absolute atomic E-state index is 0.0996. The van der Waals surface area contributed by atoms with Gasteiger partial charge in [-0.05, 0) is 59.2 Å². The summed E-state index contributed by atoms with van der Waals surface area (Å²) in [6.07, 6.45) is 0.570. The van der Waals surface area contributed by atoms with Crippen molar-refractivity contribution in [2.75, 3.05) is 6.61 Å². The van der Waals surface area contributed by atoms with Gasteiger partial charge in [0.1, 0.15) is 11.5 Å². The summed E-state index contributed by atoms with van der Waals surface area (Å²) >= 11 is 2.02. The van der Waals surface area contributed by atoms with Crippen LogP contribution in [-0.2, 0) is 13.5 Å². The fourth-order valence-electron chi connectivity index (χ4n) is 2.46. The van der Waals surface area contributed by atoms with Crippen molar-refractivity contribution in [1.29, 1.82) is 0 Å². The van der Waals surface area contributed by atoms with Crippen molar-refractivity contribution in [2.45, 2.75) is 26.2 Å². The number of carbonyl (C=O) groups excluding carboxylic acids is 1. The Morgan fingerprint density at radius 1 is 1.42 bits per heavy atom. The third kappa shape index (κ3) is 4.07. The Morgan fingerprint density at radius 2 is 2.12 bits per heavy atom. The highest BCUT2D eigenvalue weighted by Gasteiger charge is 2.20. The van der Waals surface area contributed by atoms with Gasteiger partial charge in [0.2, 0.25) is 0 Å². The Hall–Kier alpha value is -1.61. The monoisotopic (exact) mass is 444 g/mol. The van der Waals surface area contributed by atoms with Crippen LogP contribution in [0.3, 0.4) is 0 Å². The molecule has 0 aliphatic heterocycles. The highest BCUT2D eigenvalue weighted by molar-refractivity contribution is 14.1. The average molecular weight is 444 g/mol. The smallest absolute Gasteiger partial charge is 0.269 e. The first-order chi connectivity index (χ1) is 11.3. The van der Waals surface area contributed by atoms with E-state index < -0.39 is 0 Å². The van der Waals surface area contributed by atoms with Gasteiger partial charge in [-0.2, -0.15) is 5.10 Å². The number of rotatable bonds is 6. The molecule has 0 atom stereocenters. The van der Waals surface area contributed by atoms with E-state index in [-0.39, 0.29) is 42.3 Å². The van der Waals surface area contributed by atoms with E-state index in [1.165, 1.54) is 13.1 Å². The molecular formula is C17H18FIN2O3. The fraction of sp³-hybridized carbons (Fsp3) is 0.353. The van der Waals surface area contributed by atoms with Crippen LogP contribution >= 0.6 is 22.6 Å². The Bertz CT molecular complexity index is 833. The number of aliphatic hydroxyl groups excluding tert-OH is 1. The average Bonchev–Trinajstić information content (AvgIpc) is 2.54. The van der Waals surface area contributed by atoms with Crippen molar-refractivity contribution in [3.63, 3.8) is 0 Å². The molecule has 0 radical (unpaired) electrons. The standard InChI is InChI=1S/C17H18FIN2O3/c1-10-13(8-11-5-6-12(19)9-14(11)18)16(15(23)4-3-7-22)20-21(2)17(10)24/h5-6,9,22H,3-4,7-8H2,1-2H3. The van der Waals surface area contributed by atoms with Gasteiger partial charge in [-0.15, -0.1) is 0 Å². The quantitative estimate of drug-likeness (QED) is 0.549. The molecule has 0 aliphatic carbocycles. The molecule has 24 heavy (non-hydrogen) atoms. The van der Waals surface area contributed by atoms with Crippen molar-refractivity contribution in [2.24, 2.45) is 7.05 Å². The lowest BCUT2D eigenvalue weighted by molar-refractivity contribution is 0.0963. The maximum atomic E-state index is 14.2. The van der Waals surface area contributed by atoms with Crippen LogP contribution in [-0.4, -0.2) is 27.3 Å². The summed E-state index contributed by atoms with van der Waals surface area (Å²) in [5.41, 5.74) is 1.10. The van der Waals surface area contributed by atoms with Crippen molar-refractivity contribution in [3.05, 3.63) is 60.3 Å². The van der Waals surface area contributed by atoms with Gasteiger partial charge in [-0.1, -0.05) is 6.07 Å². The zero-order valence-electron chi connectivity index (χ0n) is 13.5. The second-order valence-corrected chi connectivity index (χ2v) is 6.79. The van der Waals surface area contributed by atoms with Crippen LogP contribution < -0.4 is 5.56 Å². The molecule has 0 aliphatic rings. The van der Waals surface area contributed by atoms with Crippen molar-refractivity contribution in [1.82, 2.24) is 9.78 Å². The van der Waals surface area contributed by atoms with E-state index in [0.29, 0.717) is 23.1 Å². The van der Waals surface area contributed by atoms with Crippen LogP contribution in [0.1, 0.15) is 40.0 Å². The van der Waals surface area contributed by atoms with Gasteiger partial charge in [-0.25, -0.2) is 9.07 Å². The summed E-state index contributed by atoms with van der Waals surface area (Å²) in [5.74, 6) is -0.639. The van der Waals surface area contributed by atoms with Crippen molar-refractivity contribution >= 4 is 28.4 Å². The summed E-state index contributed by atoms with van der Waals surface area (Å²) in [6, 6.07) is 4.83. The van der Waals surface area contributed by atoms with Crippen LogP contribution in [0, 0.1) is 16.3 Å².